The number of anilines is 1. The van der Waals surface area contributed by atoms with Crippen molar-refractivity contribution in [2.24, 2.45) is 5.73 Å². The summed E-state index contributed by atoms with van der Waals surface area (Å²) in [5, 5.41) is 8.01. The van der Waals surface area contributed by atoms with Gasteiger partial charge in [0.25, 0.3) is 0 Å². The van der Waals surface area contributed by atoms with Crippen LogP contribution >= 0.6 is 0 Å². The number of nitrogens with two attached hydrogens (primary N) is 1. The van der Waals surface area contributed by atoms with E-state index < -0.39 is 10.0 Å². The van der Waals surface area contributed by atoms with Crippen LogP contribution in [0.2, 0.25) is 0 Å². The van der Waals surface area contributed by atoms with Crippen molar-refractivity contribution in [2.45, 2.75) is 4.90 Å². The van der Waals surface area contributed by atoms with E-state index in [0.29, 0.717) is 24.5 Å². The molecule has 0 saturated carbocycles. The van der Waals surface area contributed by atoms with Gasteiger partial charge >= 0.3 is 0 Å². The number of rotatable bonds is 11. The van der Waals surface area contributed by atoms with Crippen molar-refractivity contribution in [1.82, 2.24) is 15.4 Å². The van der Waals surface area contributed by atoms with Crippen LogP contribution in [0.15, 0.2) is 41.3 Å². The van der Waals surface area contributed by atoms with E-state index >= 15 is 0 Å². The first-order valence-corrected chi connectivity index (χ1v) is 10.3. The summed E-state index contributed by atoms with van der Waals surface area (Å²) in [6, 6.07) is 11.1. The molecule has 2 aromatic carbocycles. The number of benzene rings is 2. The normalized spacial score (nSPS) is 11.8. The number of nitrogens with zero attached hydrogens (tertiary/aromatic N) is 1. The van der Waals surface area contributed by atoms with E-state index in [-0.39, 0.29) is 0 Å². The molecule has 7 nitrogen and oxygen atoms in total. The first kappa shape index (κ1) is 20.6. The Labute approximate surface area is 156 Å². The minimum absolute atomic E-state index is 0.309. The molecule has 0 amide bonds. The van der Waals surface area contributed by atoms with E-state index in [0.717, 1.165) is 36.1 Å². The molecule has 8 heteroatoms. The number of hydrogen-bond acceptors (Lipinski definition) is 6. The van der Waals surface area contributed by atoms with Crippen molar-refractivity contribution in [2.75, 3.05) is 58.3 Å². The van der Waals surface area contributed by atoms with Crippen LogP contribution in [0.5, 0.6) is 0 Å². The highest BCUT2D eigenvalue weighted by atomic mass is 32.2. The molecule has 0 aromatic heterocycles. The second kappa shape index (κ2) is 9.84. The van der Waals surface area contributed by atoms with Crippen LogP contribution in [0.25, 0.3) is 10.8 Å². The molecule has 144 valence electrons. The Balaban J connectivity index is 2.02. The lowest BCUT2D eigenvalue weighted by atomic mass is 10.1. The van der Waals surface area contributed by atoms with Crippen LogP contribution in [0.4, 0.5) is 5.69 Å². The predicted octanol–water partition coefficient (Wildman–Crippen LogP) is 0.322. The van der Waals surface area contributed by atoms with Crippen LogP contribution in [-0.4, -0.2) is 61.8 Å². The summed E-state index contributed by atoms with van der Waals surface area (Å²) in [7, 11) is 0.322. The molecule has 0 aliphatic carbocycles. The summed E-state index contributed by atoms with van der Waals surface area (Å²) in [4.78, 5) is 2.29. The molecule has 0 fully saturated rings. The van der Waals surface area contributed by atoms with Crippen molar-refractivity contribution in [3.05, 3.63) is 36.4 Å². The predicted molar refractivity (Wildman–Crippen MR) is 108 cm³/mol. The summed E-state index contributed by atoms with van der Waals surface area (Å²) in [6.07, 6.45) is 0. The first-order chi connectivity index (χ1) is 12.5. The molecule has 5 N–H and O–H groups in total. The van der Waals surface area contributed by atoms with Gasteiger partial charge in [0.1, 0.15) is 0 Å². The first-order valence-electron chi connectivity index (χ1n) is 8.77. The monoisotopic (exact) mass is 379 g/mol. The minimum Gasteiger partial charge on any atom is -0.377 e. The van der Waals surface area contributed by atoms with Crippen molar-refractivity contribution >= 4 is 26.5 Å². The standard InChI is InChI=1S/C18H29N5O2S/c1-23(2)17-7-3-6-16-15(17)5-4-8-18(16)26(24,25)22-14-13-21-12-11-20-10-9-19/h3-8,20-22H,9-14,19H2,1-2H3. The number of nitrogens with one attached hydrogen (secondary N) is 3. The zero-order valence-corrected chi connectivity index (χ0v) is 16.3. The Hall–Kier alpha value is -1.71. The van der Waals surface area contributed by atoms with Gasteiger partial charge in [0.05, 0.1) is 4.90 Å². The fourth-order valence-corrected chi connectivity index (χ4v) is 4.02. The molecular formula is C18H29N5O2S. The van der Waals surface area contributed by atoms with Gasteiger partial charge in [0, 0.05) is 69.8 Å². The van der Waals surface area contributed by atoms with Gasteiger partial charge in [-0.15, -0.1) is 0 Å². The van der Waals surface area contributed by atoms with Gasteiger partial charge in [-0.3, -0.25) is 0 Å². The second-order valence-electron chi connectivity index (χ2n) is 6.21. The minimum atomic E-state index is -3.57. The average molecular weight is 380 g/mol. The van der Waals surface area contributed by atoms with Crippen molar-refractivity contribution in [1.29, 1.82) is 0 Å². The van der Waals surface area contributed by atoms with E-state index in [1.165, 1.54) is 0 Å². The fraction of sp³-hybridized carbons (Fsp3) is 0.444. The van der Waals surface area contributed by atoms with E-state index in [2.05, 4.69) is 15.4 Å². The lowest BCUT2D eigenvalue weighted by Crippen LogP contribution is -2.35. The zero-order valence-electron chi connectivity index (χ0n) is 15.5. The Kier molecular flexibility index (Phi) is 7.80. The highest BCUT2D eigenvalue weighted by Gasteiger charge is 2.17. The van der Waals surface area contributed by atoms with Gasteiger partial charge in [0.15, 0.2) is 0 Å². The van der Waals surface area contributed by atoms with Crippen molar-refractivity contribution in [3.8, 4) is 0 Å². The summed E-state index contributed by atoms with van der Waals surface area (Å²) >= 11 is 0. The molecule has 0 atom stereocenters. The quantitative estimate of drug-likeness (QED) is 0.420. The molecule has 0 aliphatic heterocycles. The van der Waals surface area contributed by atoms with E-state index in [1.807, 2.05) is 43.3 Å². The Bertz CT molecular complexity index is 808. The fourth-order valence-electron chi connectivity index (χ4n) is 2.77. The van der Waals surface area contributed by atoms with Gasteiger partial charge in [-0.2, -0.15) is 0 Å². The Morgan fingerprint density at radius 2 is 1.50 bits per heavy atom. The number of sulfonamides is 1. The number of hydrogen-bond donors (Lipinski definition) is 4. The zero-order chi connectivity index (χ0) is 19.0. The van der Waals surface area contributed by atoms with Crippen molar-refractivity contribution < 1.29 is 8.42 Å². The third-order valence-corrected chi connectivity index (χ3v) is 5.54. The van der Waals surface area contributed by atoms with Gasteiger partial charge in [-0.05, 0) is 12.1 Å². The lowest BCUT2D eigenvalue weighted by Gasteiger charge is -2.17. The lowest BCUT2D eigenvalue weighted by molar-refractivity contribution is 0.572. The third-order valence-electron chi connectivity index (χ3n) is 4.02. The van der Waals surface area contributed by atoms with Crippen LogP contribution in [0, 0.1) is 0 Å². The molecule has 0 aliphatic rings. The maximum atomic E-state index is 12.7. The molecule has 26 heavy (non-hydrogen) atoms. The second-order valence-corrected chi connectivity index (χ2v) is 7.94. The molecule has 0 unspecified atom stereocenters. The number of fused-ring (bicyclic) bond motifs is 1. The van der Waals surface area contributed by atoms with Crippen molar-refractivity contribution in [3.63, 3.8) is 0 Å². The van der Waals surface area contributed by atoms with Crippen LogP contribution in [-0.2, 0) is 10.0 Å². The van der Waals surface area contributed by atoms with Gasteiger partial charge < -0.3 is 21.3 Å². The average Bonchev–Trinajstić information content (AvgIpc) is 2.62. The SMILES string of the molecule is CN(C)c1cccc2c(S(=O)(=O)NCCNCCNCCN)cccc12. The molecule has 0 saturated heterocycles. The Morgan fingerprint density at radius 3 is 2.19 bits per heavy atom. The largest absolute Gasteiger partial charge is 0.377 e. The summed E-state index contributed by atoms with van der Waals surface area (Å²) in [5.41, 5.74) is 6.39. The maximum absolute atomic E-state index is 12.7. The summed E-state index contributed by atoms with van der Waals surface area (Å²) < 4.78 is 28.1. The van der Waals surface area contributed by atoms with Gasteiger partial charge in [-0.25, -0.2) is 13.1 Å². The smallest absolute Gasteiger partial charge is 0.241 e. The molecule has 0 bridgehead atoms. The summed E-state index contributed by atoms with van der Waals surface area (Å²) in [5.74, 6) is 0. The molecule has 2 aromatic rings. The van der Waals surface area contributed by atoms with Crippen LogP contribution in [0.1, 0.15) is 0 Å². The highest BCUT2D eigenvalue weighted by Crippen LogP contribution is 2.29. The van der Waals surface area contributed by atoms with Crippen LogP contribution in [0.3, 0.4) is 0 Å². The summed E-state index contributed by atoms with van der Waals surface area (Å²) in [6.45, 7) is 3.87. The molecule has 0 radical (unpaired) electrons. The maximum Gasteiger partial charge on any atom is 0.241 e. The van der Waals surface area contributed by atoms with Gasteiger partial charge in [0.2, 0.25) is 10.0 Å². The molecular weight excluding hydrogens is 350 g/mol. The third kappa shape index (κ3) is 5.39. The van der Waals surface area contributed by atoms with Gasteiger partial charge in [-0.1, -0.05) is 24.3 Å². The topological polar surface area (TPSA) is 99.5 Å². The molecule has 0 spiro atoms. The highest BCUT2D eigenvalue weighted by molar-refractivity contribution is 7.89. The van der Waals surface area contributed by atoms with E-state index in [4.69, 9.17) is 5.73 Å². The molecule has 0 heterocycles. The van der Waals surface area contributed by atoms with Crippen LogP contribution < -0.4 is 26.0 Å². The Morgan fingerprint density at radius 1 is 0.885 bits per heavy atom. The van der Waals surface area contributed by atoms with E-state index in [1.54, 1.807) is 12.1 Å². The molecule has 2 rings (SSSR count). The van der Waals surface area contributed by atoms with E-state index in [9.17, 15) is 8.42 Å².